The van der Waals surface area contributed by atoms with Crippen LogP contribution < -0.4 is 19.5 Å². The normalized spacial score (nSPS) is 18.2. The largest absolute Gasteiger partial charge is 0.486 e. The molecule has 2 unspecified atom stereocenters. The van der Waals surface area contributed by atoms with Crippen molar-refractivity contribution in [3.8, 4) is 17.2 Å². The second kappa shape index (κ2) is 28.2. The molecular formula is C61H71Cl3N6O6. The summed E-state index contributed by atoms with van der Waals surface area (Å²) >= 11 is 18.8. The van der Waals surface area contributed by atoms with Crippen molar-refractivity contribution in [3.63, 3.8) is 0 Å². The molecule has 1 N–H and O–H groups in total. The van der Waals surface area contributed by atoms with E-state index < -0.39 is 0 Å². The van der Waals surface area contributed by atoms with E-state index in [9.17, 15) is 14.4 Å². The fourth-order valence-electron chi connectivity index (χ4n) is 9.57. The molecule has 2 atom stereocenters. The quantitative estimate of drug-likeness (QED) is 0.120. The van der Waals surface area contributed by atoms with Crippen molar-refractivity contribution in [2.75, 3.05) is 13.1 Å². The molecule has 9 rings (SSSR count). The van der Waals surface area contributed by atoms with E-state index in [2.05, 4.69) is 41.0 Å². The Labute approximate surface area is 463 Å². The summed E-state index contributed by atoms with van der Waals surface area (Å²) in [5.74, 6) is 2.54. The Morgan fingerprint density at radius 3 is 1.34 bits per heavy atom. The van der Waals surface area contributed by atoms with Crippen LogP contribution in [0.4, 0.5) is 0 Å². The number of pyridine rings is 3. The number of aromatic nitrogens is 3. The summed E-state index contributed by atoms with van der Waals surface area (Å²) in [7, 11) is 0. The summed E-state index contributed by atoms with van der Waals surface area (Å²) < 4.78 is 17.3. The number of nitrogens with one attached hydrogen (secondary N) is 1. The molecule has 1 aliphatic carbocycles. The van der Waals surface area contributed by atoms with Gasteiger partial charge in [-0.05, 0) is 176 Å². The van der Waals surface area contributed by atoms with E-state index in [1.807, 2.05) is 122 Å². The van der Waals surface area contributed by atoms with Gasteiger partial charge in [-0.2, -0.15) is 0 Å². The van der Waals surface area contributed by atoms with Crippen LogP contribution in [-0.2, 0) is 19.8 Å². The highest BCUT2D eigenvalue weighted by molar-refractivity contribution is 6.33. The van der Waals surface area contributed by atoms with Gasteiger partial charge in [0.25, 0.3) is 17.7 Å². The van der Waals surface area contributed by atoms with Gasteiger partial charge in [0.15, 0.2) is 0 Å². The smallest absolute Gasteiger partial charge is 0.272 e. The van der Waals surface area contributed by atoms with Crippen LogP contribution in [0.2, 0.25) is 15.1 Å². The first-order valence-corrected chi connectivity index (χ1v) is 27.7. The first kappa shape index (κ1) is 57.5. The number of hydrogen-bond acceptors (Lipinski definition) is 9. The number of benzene rings is 3. The third kappa shape index (κ3) is 16.2. The number of carbonyl (C=O) groups is 3. The summed E-state index contributed by atoms with van der Waals surface area (Å²) in [6, 6.07) is 34.2. The molecule has 0 radical (unpaired) electrons. The Kier molecular flexibility index (Phi) is 21.4. The highest BCUT2D eigenvalue weighted by Gasteiger charge is 2.30. The van der Waals surface area contributed by atoms with E-state index in [1.54, 1.807) is 18.2 Å². The second-order valence-corrected chi connectivity index (χ2v) is 21.3. The minimum Gasteiger partial charge on any atom is -0.486 e. The summed E-state index contributed by atoms with van der Waals surface area (Å²) in [6.45, 7) is 14.8. The molecule has 2 aliphatic heterocycles. The zero-order chi connectivity index (χ0) is 54.1. The zero-order valence-corrected chi connectivity index (χ0v) is 46.9. The van der Waals surface area contributed by atoms with E-state index >= 15 is 0 Å². The third-order valence-electron chi connectivity index (χ3n) is 14.1. The molecule has 3 aromatic carbocycles. The minimum absolute atomic E-state index is 0.000128. The molecule has 3 amide bonds. The molecule has 5 heterocycles. The number of halogens is 3. The fraction of sp³-hybridized carbons (Fsp3) is 0.410. The van der Waals surface area contributed by atoms with Gasteiger partial charge < -0.3 is 29.3 Å². The SMILES string of the molecule is Cc1cccc(OCc2cccc(C(=O)N3C(C)CCCC3C)n2)c1Cl.Cc1cccc(OCc2cccc(C(=O)N3CCCCC3)n2)c1Cl.Cc1cccc(OCc2cccc(C(=O)NC3CCC(C)CC3)n2)c1Cl. The first-order chi connectivity index (χ1) is 36.6. The van der Waals surface area contributed by atoms with Gasteiger partial charge in [0.05, 0.1) is 32.1 Å². The lowest BCUT2D eigenvalue weighted by Crippen LogP contribution is -2.47. The Morgan fingerprint density at radius 2 is 0.895 bits per heavy atom. The van der Waals surface area contributed by atoms with Crippen molar-refractivity contribution in [1.82, 2.24) is 30.1 Å². The number of rotatable bonds is 13. The van der Waals surface area contributed by atoms with Gasteiger partial charge in [-0.3, -0.25) is 14.4 Å². The molecule has 12 nitrogen and oxygen atoms in total. The predicted octanol–water partition coefficient (Wildman–Crippen LogP) is 14.2. The van der Waals surface area contributed by atoms with Crippen LogP contribution in [0, 0.1) is 26.7 Å². The van der Waals surface area contributed by atoms with E-state index in [4.69, 9.17) is 49.0 Å². The number of ether oxygens (including phenoxy) is 3. The monoisotopic (exact) mass is 1090 g/mol. The molecule has 1 saturated carbocycles. The molecule has 6 aromatic rings. The van der Waals surface area contributed by atoms with Crippen molar-refractivity contribution in [3.05, 3.63) is 175 Å². The Hall–Kier alpha value is -6.21. The van der Waals surface area contributed by atoms with Crippen LogP contribution in [0.25, 0.3) is 0 Å². The van der Waals surface area contributed by atoms with Crippen molar-refractivity contribution >= 4 is 52.5 Å². The highest BCUT2D eigenvalue weighted by Crippen LogP contribution is 2.31. The van der Waals surface area contributed by atoms with E-state index in [-0.39, 0.29) is 55.7 Å². The van der Waals surface area contributed by atoms with Crippen molar-refractivity contribution in [2.24, 2.45) is 5.92 Å². The maximum Gasteiger partial charge on any atom is 0.272 e. The predicted molar refractivity (Wildman–Crippen MR) is 302 cm³/mol. The summed E-state index contributed by atoms with van der Waals surface area (Å²) in [4.78, 5) is 55.2. The highest BCUT2D eigenvalue weighted by atomic mass is 35.5. The van der Waals surface area contributed by atoms with Crippen LogP contribution in [0.15, 0.2) is 109 Å². The number of piperidine rings is 2. The van der Waals surface area contributed by atoms with E-state index in [0.717, 1.165) is 79.9 Å². The molecule has 0 bridgehead atoms. The van der Waals surface area contributed by atoms with Crippen molar-refractivity contribution < 1.29 is 28.6 Å². The van der Waals surface area contributed by atoms with Crippen LogP contribution >= 0.6 is 34.8 Å². The zero-order valence-electron chi connectivity index (χ0n) is 44.6. The van der Waals surface area contributed by atoms with Crippen molar-refractivity contribution in [2.45, 2.75) is 144 Å². The molecule has 402 valence electrons. The average molecular weight is 1090 g/mol. The third-order valence-corrected chi connectivity index (χ3v) is 15.6. The van der Waals surface area contributed by atoms with Gasteiger partial charge in [-0.15, -0.1) is 0 Å². The summed E-state index contributed by atoms with van der Waals surface area (Å²) in [5, 5.41) is 4.93. The van der Waals surface area contributed by atoms with Gasteiger partial charge in [0.1, 0.15) is 54.2 Å². The molecule has 3 fully saturated rings. The van der Waals surface area contributed by atoms with Crippen LogP contribution in [-0.4, -0.2) is 73.7 Å². The molecule has 3 aliphatic rings. The molecule has 15 heteroatoms. The molecule has 2 saturated heterocycles. The Morgan fingerprint density at radius 1 is 0.500 bits per heavy atom. The topological polar surface area (TPSA) is 136 Å². The van der Waals surface area contributed by atoms with Gasteiger partial charge in [0, 0.05) is 31.2 Å². The van der Waals surface area contributed by atoms with Gasteiger partial charge in [0.2, 0.25) is 0 Å². The summed E-state index contributed by atoms with van der Waals surface area (Å²) in [6.07, 6.45) is 11.0. The second-order valence-electron chi connectivity index (χ2n) is 20.2. The standard InChI is InChI=1S/2C21H25ClN2O2.C19H21ClN2O2/c1-14-7-4-12-19(20(14)22)26-13-17-10-6-11-18(23-17)21(25)24-15(2)8-5-9-16(24)3;1-14-9-11-16(12-10-14)24-21(25)18-7-4-6-17(23-18)13-26-19-8-3-5-15(2)20(19)22;1-14-7-5-10-17(18(14)20)24-13-15-8-6-9-16(21-15)19(23)22-11-3-2-4-12-22/h4,6-7,10-12,15-16H,5,8-9,13H2,1-3H3;3-8,14,16H,9-13H2,1-2H3,(H,24,25);5-10H,2-4,11-13H2,1H3. The number of likely N-dealkylation sites (tertiary alicyclic amines) is 2. The number of carbonyl (C=O) groups excluding carboxylic acids is 3. The maximum absolute atomic E-state index is 12.9. The van der Waals surface area contributed by atoms with Crippen LogP contribution in [0.1, 0.15) is 150 Å². The molecular weight excluding hydrogens is 1020 g/mol. The van der Waals surface area contributed by atoms with Gasteiger partial charge >= 0.3 is 0 Å². The average Bonchev–Trinajstić information content (AvgIpc) is 3.43. The van der Waals surface area contributed by atoms with Crippen LogP contribution in [0.3, 0.4) is 0 Å². The van der Waals surface area contributed by atoms with Gasteiger partial charge in [-0.25, -0.2) is 15.0 Å². The minimum atomic E-state index is -0.111. The summed E-state index contributed by atoms with van der Waals surface area (Å²) in [5.41, 5.74) is 6.42. The number of amides is 3. The van der Waals surface area contributed by atoms with E-state index in [1.165, 1.54) is 25.7 Å². The fourth-order valence-corrected chi connectivity index (χ4v) is 10.1. The molecule has 3 aromatic heterocycles. The molecule has 0 spiro atoms. The Bertz CT molecular complexity index is 2900. The lowest BCUT2D eigenvalue weighted by Gasteiger charge is -2.38. The van der Waals surface area contributed by atoms with Crippen LogP contribution in [0.5, 0.6) is 17.2 Å². The van der Waals surface area contributed by atoms with Crippen molar-refractivity contribution in [1.29, 1.82) is 0 Å². The van der Waals surface area contributed by atoms with Gasteiger partial charge in [-0.1, -0.05) is 96.3 Å². The maximum atomic E-state index is 12.9. The lowest BCUT2D eigenvalue weighted by molar-refractivity contribution is 0.0503. The molecule has 76 heavy (non-hydrogen) atoms. The van der Waals surface area contributed by atoms with E-state index in [0.29, 0.717) is 60.8 Å². The number of hydrogen-bond donors (Lipinski definition) is 1. The number of nitrogens with zero attached hydrogens (tertiary/aromatic N) is 5. The lowest BCUT2D eigenvalue weighted by atomic mass is 9.87. The first-order valence-electron chi connectivity index (χ1n) is 26.6. The number of aryl methyl sites for hydroxylation is 3. The Balaban J connectivity index is 0.000000166.